The van der Waals surface area contributed by atoms with Crippen molar-refractivity contribution in [1.82, 2.24) is 0 Å². The van der Waals surface area contributed by atoms with Crippen molar-refractivity contribution < 1.29 is 4.79 Å². The molecule has 0 aliphatic heterocycles. The van der Waals surface area contributed by atoms with E-state index in [9.17, 15) is 4.79 Å². The number of benzene rings is 2. The maximum Gasteiger partial charge on any atom is 0.256 e. The summed E-state index contributed by atoms with van der Waals surface area (Å²) in [5.74, 6) is -0.164. The summed E-state index contributed by atoms with van der Waals surface area (Å²) in [5, 5.41) is 2.86. The van der Waals surface area contributed by atoms with E-state index < -0.39 is 0 Å². The van der Waals surface area contributed by atoms with E-state index in [0.717, 1.165) is 23.6 Å². The number of hydrogen-bond acceptors (Lipinski definition) is 1. The lowest BCUT2D eigenvalue weighted by Crippen LogP contribution is -2.12. The number of rotatable bonds is 2. The van der Waals surface area contributed by atoms with E-state index in [2.05, 4.69) is 69.0 Å². The summed E-state index contributed by atoms with van der Waals surface area (Å²) < 4.78 is 3.43. The molecule has 0 saturated heterocycles. The average molecular weight is 513 g/mol. The van der Waals surface area contributed by atoms with Crippen LogP contribution >= 0.6 is 63.7 Å². The maximum atomic E-state index is 12.2. The van der Waals surface area contributed by atoms with E-state index in [-0.39, 0.29) is 5.91 Å². The number of nitrogens with one attached hydrogen (secondary N) is 1. The largest absolute Gasteiger partial charge is 0.321 e. The number of hydrogen-bond donors (Lipinski definition) is 1. The minimum atomic E-state index is -0.164. The molecule has 6 heteroatoms. The first-order valence-electron chi connectivity index (χ1n) is 5.19. The molecule has 0 bridgehead atoms. The van der Waals surface area contributed by atoms with Gasteiger partial charge in [0.25, 0.3) is 5.91 Å². The number of carbonyl (C=O) groups excluding carboxylic acids is 1. The molecule has 0 unspecified atom stereocenters. The van der Waals surface area contributed by atoms with Gasteiger partial charge in [0, 0.05) is 17.9 Å². The lowest BCUT2D eigenvalue weighted by Gasteiger charge is -2.09. The fourth-order valence-corrected chi connectivity index (χ4v) is 3.83. The molecule has 0 radical (unpaired) electrons. The highest BCUT2D eigenvalue weighted by atomic mass is 79.9. The van der Waals surface area contributed by atoms with Crippen LogP contribution in [0.5, 0.6) is 0 Å². The summed E-state index contributed by atoms with van der Waals surface area (Å²) in [4.78, 5) is 12.2. The van der Waals surface area contributed by atoms with Crippen molar-refractivity contribution >= 4 is 75.3 Å². The number of carbonyl (C=O) groups is 1. The molecule has 0 fully saturated rings. The van der Waals surface area contributed by atoms with Crippen LogP contribution < -0.4 is 5.32 Å². The van der Waals surface area contributed by atoms with Gasteiger partial charge in [-0.2, -0.15) is 0 Å². The molecule has 98 valence electrons. The van der Waals surface area contributed by atoms with Gasteiger partial charge in [-0.25, -0.2) is 0 Å². The fraction of sp³-hybridized carbons (Fsp3) is 0. The molecular weight excluding hydrogens is 506 g/mol. The quantitative estimate of drug-likeness (QED) is 0.526. The molecule has 19 heavy (non-hydrogen) atoms. The van der Waals surface area contributed by atoms with Crippen LogP contribution in [-0.2, 0) is 0 Å². The van der Waals surface area contributed by atoms with Gasteiger partial charge in [0.05, 0.1) is 11.3 Å². The van der Waals surface area contributed by atoms with Crippen LogP contribution in [-0.4, -0.2) is 5.91 Å². The molecular formula is C13H7Br4NO. The second-order valence-corrected chi connectivity index (χ2v) is 7.24. The van der Waals surface area contributed by atoms with E-state index in [0.29, 0.717) is 5.56 Å². The Kier molecular flexibility index (Phi) is 5.22. The lowest BCUT2D eigenvalue weighted by atomic mass is 10.2. The van der Waals surface area contributed by atoms with E-state index in [4.69, 9.17) is 0 Å². The van der Waals surface area contributed by atoms with Gasteiger partial charge in [0.2, 0.25) is 0 Å². The van der Waals surface area contributed by atoms with Crippen molar-refractivity contribution in [2.45, 2.75) is 0 Å². The van der Waals surface area contributed by atoms with Gasteiger partial charge in [0.15, 0.2) is 0 Å². The smallest absolute Gasteiger partial charge is 0.256 e. The molecule has 0 atom stereocenters. The van der Waals surface area contributed by atoms with E-state index in [1.165, 1.54) is 0 Å². The minimum absolute atomic E-state index is 0.164. The highest BCUT2D eigenvalue weighted by Crippen LogP contribution is 2.28. The fourth-order valence-electron chi connectivity index (χ4n) is 1.45. The Labute approximate surface area is 144 Å². The lowest BCUT2D eigenvalue weighted by molar-refractivity contribution is 0.102. The van der Waals surface area contributed by atoms with Gasteiger partial charge >= 0.3 is 0 Å². The Morgan fingerprint density at radius 1 is 0.842 bits per heavy atom. The van der Waals surface area contributed by atoms with Crippen molar-refractivity contribution in [1.29, 1.82) is 0 Å². The molecule has 2 aromatic rings. The molecule has 0 aromatic heterocycles. The van der Waals surface area contributed by atoms with E-state index in [1.807, 2.05) is 30.3 Å². The van der Waals surface area contributed by atoms with Gasteiger partial charge in [-0.05, 0) is 68.3 Å². The SMILES string of the molecule is O=C(Nc1ccc(Br)cc1Br)c1ccc(Br)cc1Br. The summed E-state index contributed by atoms with van der Waals surface area (Å²) in [5.41, 5.74) is 1.31. The number of halogens is 4. The summed E-state index contributed by atoms with van der Waals surface area (Å²) >= 11 is 13.5. The predicted molar refractivity (Wildman–Crippen MR) is 91.6 cm³/mol. The monoisotopic (exact) mass is 509 g/mol. The zero-order valence-electron chi connectivity index (χ0n) is 9.38. The highest BCUT2D eigenvalue weighted by Gasteiger charge is 2.12. The Hall–Kier alpha value is -0.170. The van der Waals surface area contributed by atoms with Crippen LogP contribution in [0.1, 0.15) is 10.4 Å². The molecule has 0 aliphatic carbocycles. The van der Waals surface area contributed by atoms with Crippen LogP contribution in [0.25, 0.3) is 0 Å². The van der Waals surface area contributed by atoms with Gasteiger partial charge in [-0.15, -0.1) is 0 Å². The molecule has 0 saturated carbocycles. The van der Waals surface area contributed by atoms with Crippen LogP contribution in [0, 0.1) is 0 Å². The summed E-state index contributed by atoms with van der Waals surface area (Å²) in [6.07, 6.45) is 0. The van der Waals surface area contributed by atoms with Crippen LogP contribution in [0.4, 0.5) is 5.69 Å². The minimum Gasteiger partial charge on any atom is -0.321 e. The van der Waals surface area contributed by atoms with Crippen molar-refractivity contribution in [3.8, 4) is 0 Å². The topological polar surface area (TPSA) is 29.1 Å². The maximum absolute atomic E-state index is 12.2. The Morgan fingerprint density at radius 3 is 2.00 bits per heavy atom. The zero-order chi connectivity index (χ0) is 14.0. The predicted octanol–water partition coefficient (Wildman–Crippen LogP) is 5.99. The second-order valence-electron chi connectivity index (χ2n) is 3.70. The molecule has 0 spiro atoms. The van der Waals surface area contributed by atoms with Gasteiger partial charge in [-0.3, -0.25) is 4.79 Å². The molecule has 1 N–H and O–H groups in total. The van der Waals surface area contributed by atoms with Crippen molar-refractivity contribution in [3.63, 3.8) is 0 Å². The summed E-state index contributed by atoms with van der Waals surface area (Å²) in [7, 11) is 0. The summed E-state index contributed by atoms with van der Waals surface area (Å²) in [6, 6.07) is 11.0. The molecule has 0 heterocycles. The van der Waals surface area contributed by atoms with Crippen LogP contribution in [0.2, 0.25) is 0 Å². The van der Waals surface area contributed by atoms with Gasteiger partial charge in [-0.1, -0.05) is 31.9 Å². The first-order valence-corrected chi connectivity index (χ1v) is 8.36. The second kappa shape index (κ2) is 6.52. The van der Waals surface area contributed by atoms with Gasteiger partial charge in [0.1, 0.15) is 0 Å². The third-order valence-corrected chi connectivity index (χ3v) is 4.65. The first kappa shape index (κ1) is 15.2. The zero-order valence-corrected chi connectivity index (χ0v) is 15.7. The van der Waals surface area contributed by atoms with Crippen molar-refractivity contribution in [3.05, 3.63) is 59.9 Å². The molecule has 2 rings (SSSR count). The molecule has 1 amide bonds. The van der Waals surface area contributed by atoms with Crippen molar-refractivity contribution in [2.24, 2.45) is 0 Å². The molecule has 0 aliphatic rings. The van der Waals surface area contributed by atoms with Crippen LogP contribution in [0.3, 0.4) is 0 Å². The van der Waals surface area contributed by atoms with E-state index >= 15 is 0 Å². The molecule has 2 nitrogen and oxygen atoms in total. The normalized spacial score (nSPS) is 10.3. The Balaban J connectivity index is 2.25. The third kappa shape index (κ3) is 3.90. The molecule has 2 aromatic carbocycles. The standard InChI is InChI=1S/C13H7Br4NO/c14-7-1-3-9(10(16)5-7)13(19)18-12-4-2-8(15)6-11(12)17/h1-6H,(H,18,19). The van der Waals surface area contributed by atoms with Gasteiger partial charge < -0.3 is 5.32 Å². The number of amides is 1. The van der Waals surface area contributed by atoms with Crippen molar-refractivity contribution in [2.75, 3.05) is 5.32 Å². The average Bonchev–Trinajstić information content (AvgIpc) is 2.32. The third-order valence-electron chi connectivity index (χ3n) is 2.36. The number of anilines is 1. The highest BCUT2D eigenvalue weighted by molar-refractivity contribution is 9.11. The van der Waals surface area contributed by atoms with Crippen LogP contribution in [0.15, 0.2) is 54.3 Å². The Morgan fingerprint density at radius 2 is 1.42 bits per heavy atom. The first-order chi connectivity index (χ1) is 8.97. The Bertz CT molecular complexity index is 643. The van der Waals surface area contributed by atoms with E-state index in [1.54, 1.807) is 6.07 Å². The summed E-state index contributed by atoms with van der Waals surface area (Å²) in [6.45, 7) is 0.